The summed E-state index contributed by atoms with van der Waals surface area (Å²) in [5.41, 5.74) is 0.567. The number of pyridine rings is 1. The van der Waals surface area contributed by atoms with E-state index in [1.54, 1.807) is 24.4 Å². The monoisotopic (exact) mass is 372 g/mol. The smallest absolute Gasteiger partial charge is 0.258 e. The number of nitrogens with zero attached hydrogens (tertiary/aromatic N) is 1. The fourth-order valence-electron chi connectivity index (χ4n) is 3.03. The number of nitrogens with one attached hydrogen (secondary N) is 1. The molecule has 0 radical (unpaired) electrons. The molecule has 0 spiro atoms. The molecule has 144 valence electrons. The molecular weight excluding hydrogens is 348 g/mol. The van der Waals surface area contributed by atoms with Gasteiger partial charge in [-0.25, -0.2) is 0 Å². The highest BCUT2D eigenvalue weighted by atomic mass is 16.5. The summed E-state index contributed by atoms with van der Waals surface area (Å²) in [7, 11) is 0. The molecule has 1 atom stereocenters. The van der Waals surface area contributed by atoms with Gasteiger partial charge in [-0.3, -0.25) is 9.59 Å². The van der Waals surface area contributed by atoms with Crippen molar-refractivity contribution in [1.29, 1.82) is 0 Å². The van der Waals surface area contributed by atoms with Crippen LogP contribution in [0.5, 0.6) is 11.5 Å². The van der Waals surface area contributed by atoms with Gasteiger partial charge in [-0.2, -0.15) is 0 Å². The Hall–Kier alpha value is -2.80. The Morgan fingerprint density at radius 2 is 2.15 bits per heavy atom. The van der Waals surface area contributed by atoms with Gasteiger partial charge >= 0.3 is 0 Å². The fraction of sp³-hybridized carbons (Fsp3) is 0.400. The molecule has 1 aliphatic rings. The van der Waals surface area contributed by atoms with E-state index < -0.39 is 6.10 Å². The van der Waals surface area contributed by atoms with E-state index in [0.717, 1.165) is 12.0 Å². The first kappa shape index (κ1) is 19.0. The topological polar surface area (TPSA) is 89.8 Å². The largest absolute Gasteiger partial charge is 0.483 e. The molecule has 7 nitrogen and oxygen atoms in total. The van der Waals surface area contributed by atoms with Crippen LogP contribution in [-0.2, 0) is 17.8 Å². The van der Waals surface area contributed by atoms with Gasteiger partial charge in [-0.05, 0) is 26.0 Å². The van der Waals surface area contributed by atoms with Gasteiger partial charge in [0.25, 0.3) is 11.5 Å². The third kappa shape index (κ3) is 4.89. The number of hydrogen-bond donors (Lipinski definition) is 2. The van der Waals surface area contributed by atoms with Crippen molar-refractivity contribution < 1.29 is 19.4 Å². The molecule has 0 fully saturated rings. The van der Waals surface area contributed by atoms with Crippen LogP contribution in [0.4, 0.5) is 0 Å². The third-order valence-electron chi connectivity index (χ3n) is 4.26. The van der Waals surface area contributed by atoms with Gasteiger partial charge in [-0.1, -0.05) is 18.2 Å². The van der Waals surface area contributed by atoms with Crippen molar-refractivity contribution >= 4 is 5.91 Å². The normalized spacial score (nSPS) is 15.5. The minimum Gasteiger partial charge on any atom is -0.483 e. The Balaban J connectivity index is 1.48. The Kier molecular flexibility index (Phi) is 5.51. The molecule has 0 saturated heterocycles. The second kappa shape index (κ2) is 7.84. The zero-order chi connectivity index (χ0) is 19.4. The number of carbonyl (C=O) groups is 1. The molecule has 2 aromatic rings. The molecule has 0 bridgehead atoms. The highest BCUT2D eigenvalue weighted by molar-refractivity contribution is 5.77. The second-order valence-electron chi connectivity index (χ2n) is 7.22. The molecule has 1 aromatic heterocycles. The Labute approximate surface area is 157 Å². The predicted molar refractivity (Wildman–Crippen MR) is 100 cm³/mol. The summed E-state index contributed by atoms with van der Waals surface area (Å²) in [5, 5.41) is 12.6. The van der Waals surface area contributed by atoms with Crippen LogP contribution in [0.3, 0.4) is 0 Å². The van der Waals surface area contributed by atoms with Crippen molar-refractivity contribution in [2.24, 2.45) is 0 Å². The van der Waals surface area contributed by atoms with Crippen molar-refractivity contribution in [2.75, 3.05) is 13.2 Å². The maximum absolute atomic E-state index is 12.0. The van der Waals surface area contributed by atoms with Gasteiger partial charge in [0.15, 0.2) is 18.1 Å². The highest BCUT2D eigenvalue weighted by Crippen LogP contribution is 2.41. The zero-order valence-corrected chi connectivity index (χ0v) is 15.5. The van der Waals surface area contributed by atoms with Crippen LogP contribution in [0.2, 0.25) is 0 Å². The summed E-state index contributed by atoms with van der Waals surface area (Å²) >= 11 is 0. The number of ether oxygens (including phenoxy) is 2. The molecule has 1 aromatic carbocycles. The summed E-state index contributed by atoms with van der Waals surface area (Å²) in [6.07, 6.45) is 1.50. The molecule has 0 aliphatic carbocycles. The van der Waals surface area contributed by atoms with Crippen molar-refractivity contribution in [2.45, 2.75) is 38.5 Å². The number of aromatic nitrogens is 1. The highest BCUT2D eigenvalue weighted by Gasteiger charge is 2.32. The summed E-state index contributed by atoms with van der Waals surface area (Å²) in [6, 6.07) is 10.4. The zero-order valence-electron chi connectivity index (χ0n) is 15.5. The van der Waals surface area contributed by atoms with Crippen LogP contribution in [0.15, 0.2) is 47.4 Å². The van der Waals surface area contributed by atoms with E-state index in [1.165, 1.54) is 10.6 Å². The lowest BCUT2D eigenvalue weighted by Gasteiger charge is -2.18. The van der Waals surface area contributed by atoms with Crippen LogP contribution in [0.1, 0.15) is 19.4 Å². The summed E-state index contributed by atoms with van der Waals surface area (Å²) in [6.45, 7) is 3.96. The minimum absolute atomic E-state index is 0.0277. The molecule has 1 amide bonds. The number of amides is 1. The van der Waals surface area contributed by atoms with Gasteiger partial charge < -0.3 is 24.5 Å². The molecule has 2 heterocycles. The summed E-state index contributed by atoms with van der Waals surface area (Å²) in [4.78, 5) is 23.6. The maximum atomic E-state index is 12.0. The number of aliphatic hydroxyl groups excluding tert-OH is 1. The van der Waals surface area contributed by atoms with E-state index in [4.69, 9.17) is 9.47 Å². The van der Waals surface area contributed by atoms with Crippen LogP contribution in [0, 0.1) is 0 Å². The summed E-state index contributed by atoms with van der Waals surface area (Å²) < 4.78 is 12.9. The van der Waals surface area contributed by atoms with E-state index in [2.05, 4.69) is 5.32 Å². The van der Waals surface area contributed by atoms with Crippen LogP contribution >= 0.6 is 0 Å². The minimum atomic E-state index is -0.876. The second-order valence-corrected chi connectivity index (χ2v) is 7.22. The van der Waals surface area contributed by atoms with E-state index in [-0.39, 0.29) is 36.8 Å². The SMILES string of the molecule is CC1(C)Cc2cccc(OCC(=O)NCC(O)Cn3ccccc3=O)c2O1. The predicted octanol–water partition coefficient (Wildman–Crippen LogP) is 1.12. The Morgan fingerprint density at radius 1 is 1.33 bits per heavy atom. The lowest BCUT2D eigenvalue weighted by Crippen LogP contribution is -2.38. The molecule has 1 aliphatic heterocycles. The van der Waals surface area contributed by atoms with Gasteiger partial charge in [-0.15, -0.1) is 0 Å². The van der Waals surface area contributed by atoms with E-state index >= 15 is 0 Å². The Morgan fingerprint density at radius 3 is 2.93 bits per heavy atom. The molecule has 27 heavy (non-hydrogen) atoms. The molecule has 3 rings (SSSR count). The fourth-order valence-corrected chi connectivity index (χ4v) is 3.03. The molecule has 2 N–H and O–H groups in total. The van der Waals surface area contributed by atoms with Gasteiger partial charge in [0, 0.05) is 30.8 Å². The average Bonchev–Trinajstić information content (AvgIpc) is 2.94. The number of aliphatic hydroxyl groups is 1. The first-order valence-electron chi connectivity index (χ1n) is 8.88. The lowest BCUT2D eigenvalue weighted by molar-refractivity contribution is -0.123. The van der Waals surface area contributed by atoms with Gasteiger partial charge in [0.1, 0.15) is 5.60 Å². The van der Waals surface area contributed by atoms with Crippen molar-refractivity contribution in [1.82, 2.24) is 9.88 Å². The molecule has 7 heteroatoms. The number of carbonyl (C=O) groups excluding carboxylic acids is 1. The number of hydrogen-bond acceptors (Lipinski definition) is 5. The van der Waals surface area contributed by atoms with Crippen LogP contribution < -0.4 is 20.3 Å². The number of benzene rings is 1. The first-order valence-corrected chi connectivity index (χ1v) is 8.88. The van der Waals surface area contributed by atoms with Crippen molar-refractivity contribution in [3.63, 3.8) is 0 Å². The van der Waals surface area contributed by atoms with Crippen LogP contribution in [-0.4, -0.2) is 40.4 Å². The Bertz CT molecular complexity index is 875. The number of para-hydroxylation sites is 1. The number of rotatable bonds is 7. The van der Waals surface area contributed by atoms with Crippen molar-refractivity contribution in [3.05, 3.63) is 58.5 Å². The standard InChI is InChI=1S/C20H24N2O5/c1-20(2)10-14-6-5-7-16(19(14)27-20)26-13-17(24)21-11-15(23)12-22-9-4-3-8-18(22)25/h3-9,15,23H,10-13H2,1-2H3,(H,21,24). The van der Waals surface area contributed by atoms with E-state index in [0.29, 0.717) is 11.5 Å². The molecule has 0 saturated carbocycles. The van der Waals surface area contributed by atoms with Gasteiger partial charge in [0.2, 0.25) is 0 Å². The number of fused-ring (bicyclic) bond motifs is 1. The summed E-state index contributed by atoms with van der Waals surface area (Å²) in [5.74, 6) is 0.854. The van der Waals surface area contributed by atoms with Crippen molar-refractivity contribution in [3.8, 4) is 11.5 Å². The van der Waals surface area contributed by atoms with E-state index in [1.807, 2.05) is 26.0 Å². The third-order valence-corrected chi connectivity index (χ3v) is 4.26. The van der Waals surface area contributed by atoms with E-state index in [9.17, 15) is 14.7 Å². The molecular formula is C20H24N2O5. The quantitative estimate of drug-likeness (QED) is 0.760. The van der Waals surface area contributed by atoms with Gasteiger partial charge in [0.05, 0.1) is 12.6 Å². The first-order chi connectivity index (χ1) is 12.8. The van der Waals surface area contributed by atoms with Crippen LogP contribution in [0.25, 0.3) is 0 Å². The average molecular weight is 372 g/mol. The maximum Gasteiger partial charge on any atom is 0.258 e. The molecule has 1 unspecified atom stereocenters. The lowest BCUT2D eigenvalue weighted by atomic mass is 10.0.